The average Bonchev–Trinajstić information content (AvgIpc) is 2.76. The number of anilines is 1. The first-order valence-electron chi connectivity index (χ1n) is 10.5. The summed E-state index contributed by atoms with van der Waals surface area (Å²) < 4.78 is 0. The van der Waals surface area contributed by atoms with E-state index in [1.807, 2.05) is 26.8 Å². The first kappa shape index (κ1) is 22.4. The number of aryl methyl sites for hydroxylation is 3. The number of carbonyl (C=O) groups is 1. The van der Waals surface area contributed by atoms with E-state index < -0.39 is 0 Å². The molecule has 0 aliphatic carbocycles. The number of amidine groups is 1. The zero-order chi connectivity index (χ0) is 22.4. The number of carbonyl (C=O) groups excluding carboxylic acids is 1. The Morgan fingerprint density at radius 1 is 1.26 bits per heavy atom. The van der Waals surface area contributed by atoms with E-state index in [0.717, 1.165) is 55.2 Å². The molecule has 0 radical (unpaired) electrons. The number of amides is 1. The van der Waals surface area contributed by atoms with Crippen LogP contribution in [-0.4, -0.2) is 60.3 Å². The van der Waals surface area contributed by atoms with Crippen LogP contribution in [-0.2, 0) is 11.2 Å². The van der Waals surface area contributed by atoms with E-state index in [1.54, 1.807) is 12.3 Å². The van der Waals surface area contributed by atoms with Crippen molar-refractivity contribution in [1.29, 1.82) is 0 Å². The highest BCUT2D eigenvalue weighted by atomic mass is 16.1. The maximum absolute atomic E-state index is 11.2. The van der Waals surface area contributed by atoms with Crippen LogP contribution in [0.2, 0.25) is 0 Å². The molecule has 31 heavy (non-hydrogen) atoms. The van der Waals surface area contributed by atoms with E-state index in [4.69, 9.17) is 5.73 Å². The largest absolute Gasteiger partial charge is 0.396 e. The van der Waals surface area contributed by atoms with Crippen molar-refractivity contribution in [2.75, 3.05) is 38.1 Å². The molecule has 8 heteroatoms. The number of benzene rings is 1. The van der Waals surface area contributed by atoms with E-state index in [-0.39, 0.29) is 5.84 Å². The Bertz CT molecular complexity index is 991. The molecule has 1 aromatic heterocycles. The molecule has 0 atom stereocenters. The Morgan fingerprint density at radius 3 is 2.65 bits per heavy atom. The molecule has 1 aromatic carbocycles. The van der Waals surface area contributed by atoms with Gasteiger partial charge < -0.3 is 20.9 Å². The quantitative estimate of drug-likeness (QED) is 0.421. The van der Waals surface area contributed by atoms with E-state index in [1.165, 1.54) is 5.69 Å². The standard InChI is InChI=1S/C23H31N7O/c1-5-20-22(25-14-17(3)27-20)13-19(24)23(26-15-31)28-21-7-6-18(12-16(21)2)30-10-8-29(4)9-11-30/h6-7,12-15H,5,8-11,24H2,1-4H3,(H,26,28,31). The lowest BCUT2D eigenvalue weighted by atomic mass is 10.1. The van der Waals surface area contributed by atoms with E-state index in [9.17, 15) is 4.79 Å². The summed E-state index contributed by atoms with van der Waals surface area (Å²) >= 11 is 0. The van der Waals surface area contributed by atoms with Crippen LogP contribution in [0.25, 0.3) is 6.08 Å². The fourth-order valence-corrected chi connectivity index (χ4v) is 3.52. The Labute approximate surface area is 183 Å². The molecule has 0 saturated carbocycles. The number of likely N-dealkylation sites (N-methyl/N-ethyl adjacent to an activating group) is 1. The molecule has 2 aromatic rings. The van der Waals surface area contributed by atoms with Gasteiger partial charge in [0.25, 0.3) is 0 Å². The second-order valence-corrected chi connectivity index (χ2v) is 7.78. The number of hydrogen-bond acceptors (Lipinski definition) is 7. The van der Waals surface area contributed by atoms with Crippen LogP contribution in [0.4, 0.5) is 11.4 Å². The predicted molar refractivity (Wildman–Crippen MR) is 125 cm³/mol. The Kier molecular flexibility index (Phi) is 7.36. The molecule has 1 saturated heterocycles. The van der Waals surface area contributed by atoms with Crippen molar-refractivity contribution < 1.29 is 4.79 Å². The molecule has 0 spiro atoms. The maximum atomic E-state index is 11.2. The fraction of sp³-hybridized carbons (Fsp3) is 0.391. The summed E-state index contributed by atoms with van der Waals surface area (Å²) in [5, 5.41) is 2.62. The highest BCUT2D eigenvalue weighted by Gasteiger charge is 2.15. The molecule has 1 aliphatic rings. The predicted octanol–water partition coefficient (Wildman–Crippen LogP) is 2.18. The topological polar surface area (TPSA) is 99.7 Å². The summed E-state index contributed by atoms with van der Waals surface area (Å²) in [5.41, 5.74) is 11.9. The van der Waals surface area contributed by atoms with Crippen molar-refractivity contribution in [3.63, 3.8) is 0 Å². The number of aromatic nitrogens is 2. The van der Waals surface area contributed by atoms with Crippen LogP contribution in [0.15, 0.2) is 35.1 Å². The molecule has 8 nitrogen and oxygen atoms in total. The van der Waals surface area contributed by atoms with Gasteiger partial charge in [0, 0.05) is 38.1 Å². The zero-order valence-electron chi connectivity index (χ0n) is 18.7. The van der Waals surface area contributed by atoms with Gasteiger partial charge in [0.15, 0.2) is 5.84 Å². The summed E-state index contributed by atoms with van der Waals surface area (Å²) in [5.74, 6) is 0.287. The number of aliphatic imine (C=N–C) groups is 1. The molecule has 1 fully saturated rings. The van der Waals surface area contributed by atoms with Gasteiger partial charge in [-0.15, -0.1) is 0 Å². The van der Waals surface area contributed by atoms with E-state index in [2.05, 4.69) is 49.3 Å². The molecule has 164 valence electrons. The number of rotatable bonds is 6. The van der Waals surface area contributed by atoms with Gasteiger partial charge in [-0.2, -0.15) is 0 Å². The van der Waals surface area contributed by atoms with Crippen LogP contribution in [0, 0.1) is 13.8 Å². The molecule has 1 amide bonds. The minimum atomic E-state index is 0.287. The van der Waals surface area contributed by atoms with Gasteiger partial charge in [-0.25, -0.2) is 4.99 Å². The Hall–Kier alpha value is -3.26. The summed E-state index contributed by atoms with van der Waals surface area (Å²) in [4.78, 5) is 29.4. The fourth-order valence-electron chi connectivity index (χ4n) is 3.52. The molecule has 0 bridgehead atoms. The van der Waals surface area contributed by atoms with Gasteiger partial charge in [-0.05, 0) is 57.2 Å². The second-order valence-electron chi connectivity index (χ2n) is 7.78. The second kappa shape index (κ2) is 10.2. The maximum Gasteiger partial charge on any atom is 0.212 e. The Balaban J connectivity index is 1.88. The number of nitrogens with zero attached hydrogens (tertiary/aromatic N) is 5. The highest BCUT2D eigenvalue weighted by Crippen LogP contribution is 2.26. The smallest absolute Gasteiger partial charge is 0.212 e. The minimum absolute atomic E-state index is 0.287. The monoisotopic (exact) mass is 421 g/mol. The van der Waals surface area contributed by atoms with Gasteiger partial charge in [0.05, 0.1) is 28.5 Å². The molecule has 3 N–H and O–H groups in total. The number of nitrogens with two attached hydrogens (primary N) is 1. The van der Waals surface area contributed by atoms with Crippen molar-refractivity contribution in [1.82, 2.24) is 20.2 Å². The van der Waals surface area contributed by atoms with E-state index in [0.29, 0.717) is 17.8 Å². The third-order valence-electron chi connectivity index (χ3n) is 5.37. The van der Waals surface area contributed by atoms with Gasteiger partial charge in [-0.3, -0.25) is 14.8 Å². The number of piperazine rings is 1. The van der Waals surface area contributed by atoms with Gasteiger partial charge in [0.2, 0.25) is 6.41 Å². The van der Waals surface area contributed by atoms with Crippen molar-refractivity contribution in [2.45, 2.75) is 27.2 Å². The lowest BCUT2D eigenvalue weighted by Crippen LogP contribution is -2.44. The van der Waals surface area contributed by atoms with Crippen LogP contribution in [0.5, 0.6) is 0 Å². The highest BCUT2D eigenvalue weighted by molar-refractivity contribution is 6.06. The van der Waals surface area contributed by atoms with Gasteiger partial charge in [-0.1, -0.05) is 6.92 Å². The number of hydrogen-bond donors (Lipinski definition) is 2. The Morgan fingerprint density at radius 2 is 2.00 bits per heavy atom. The summed E-state index contributed by atoms with van der Waals surface area (Å²) in [6.07, 6.45) is 4.71. The summed E-state index contributed by atoms with van der Waals surface area (Å²) in [7, 11) is 2.14. The average molecular weight is 422 g/mol. The van der Waals surface area contributed by atoms with Crippen LogP contribution < -0.4 is 16.0 Å². The van der Waals surface area contributed by atoms with Crippen LogP contribution in [0.3, 0.4) is 0 Å². The molecule has 3 rings (SSSR count). The van der Waals surface area contributed by atoms with Gasteiger partial charge >= 0.3 is 0 Å². The molecule has 0 unspecified atom stereocenters. The molecule has 2 heterocycles. The van der Waals surface area contributed by atoms with Crippen molar-refractivity contribution in [3.05, 3.63) is 52.7 Å². The van der Waals surface area contributed by atoms with Crippen molar-refractivity contribution >= 4 is 29.7 Å². The SMILES string of the molecule is CCc1nc(C)cnc1C=C(N)C(=Nc1ccc(N2CCN(C)CC2)cc1C)NC=O. The number of nitrogens with one attached hydrogen (secondary N) is 1. The molecule has 1 aliphatic heterocycles. The third kappa shape index (κ3) is 5.67. The van der Waals surface area contributed by atoms with Crippen molar-refractivity contribution in [3.8, 4) is 0 Å². The first-order chi connectivity index (χ1) is 14.9. The molecular formula is C23H31N7O. The lowest BCUT2D eigenvalue weighted by Gasteiger charge is -2.34. The molecular weight excluding hydrogens is 390 g/mol. The first-order valence-corrected chi connectivity index (χ1v) is 10.5. The minimum Gasteiger partial charge on any atom is -0.396 e. The van der Waals surface area contributed by atoms with Crippen LogP contribution >= 0.6 is 0 Å². The zero-order valence-corrected chi connectivity index (χ0v) is 18.7. The third-order valence-corrected chi connectivity index (χ3v) is 5.37. The van der Waals surface area contributed by atoms with Crippen molar-refractivity contribution in [2.24, 2.45) is 10.7 Å². The normalized spacial score (nSPS) is 15.8. The lowest BCUT2D eigenvalue weighted by molar-refractivity contribution is -0.108. The van der Waals surface area contributed by atoms with Gasteiger partial charge in [0.1, 0.15) is 0 Å². The van der Waals surface area contributed by atoms with Crippen LogP contribution in [0.1, 0.15) is 29.6 Å². The summed E-state index contributed by atoms with van der Waals surface area (Å²) in [6.45, 7) is 10.0. The summed E-state index contributed by atoms with van der Waals surface area (Å²) in [6, 6.07) is 6.16. The van der Waals surface area contributed by atoms with E-state index >= 15 is 0 Å².